The number of carbonyl (C=O) groups is 1. The van der Waals surface area contributed by atoms with E-state index in [0.717, 1.165) is 24.0 Å². The van der Waals surface area contributed by atoms with Crippen LogP contribution in [0.2, 0.25) is 0 Å². The number of ether oxygens (including phenoxy) is 1. The molecule has 1 atom stereocenters. The van der Waals surface area contributed by atoms with Gasteiger partial charge in [-0.15, -0.1) is 0 Å². The van der Waals surface area contributed by atoms with Crippen LogP contribution < -0.4 is 5.73 Å². The molecule has 3 N–H and O–H groups in total. The van der Waals surface area contributed by atoms with Crippen LogP contribution in [0.3, 0.4) is 0 Å². The lowest BCUT2D eigenvalue weighted by Crippen LogP contribution is -2.42. The Balaban J connectivity index is 2.38. The van der Waals surface area contributed by atoms with E-state index in [1.54, 1.807) is 6.07 Å². The van der Waals surface area contributed by atoms with Crippen molar-refractivity contribution in [2.75, 3.05) is 7.11 Å². The number of rotatable bonds is 3. The van der Waals surface area contributed by atoms with Crippen LogP contribution in [0.1, 0.15) is 24.0 Å². The third-order valence-corrected chi connectivity index (χ3v) is 3.53. The van der Waals surface area contributed by atoms with Gasteiger partial charge in [-0.3, -0.25) is 4.79 Å². The van der Waals surface area contributed by atoms with Crippen LogP contribution in [0.5, 0.6) is 5.75 Å². The smallest absolute Gasteiger partial charge is 0.323 e. The Kier molecular flexibility index (Phi) is 2.83. The molecule has 1 fully saturated rings. The number of phenols is 1. The molecule has 0 heterocycles. The van der Waals surface area contributed by atoms with Gasteiger partial charge in [0, 0.05) is 11.0 Å². The van der Waals surface area contributed by atoms with Gasteiger partial charge in [-0.2, -0.15) is 0 Å². The first-order valence-corrected chi connectivity index (χ1v) is 5.65. The summed E-state index contributed by atoms with van der Waals surface area (Å²) in [5, 5.41) is 9.91. The maximum absolute atomic E-state index is 11.5. The Morgan fingerprint density at radius 2 is 2.18 bits per heavy atom. The van der Waals surface area contributed by atoms with E-state index in [-0.39, 0.29) is 5.75 Å². The molecule has 92 valence electrons. The first-order valence-electron chi connectivity index (χ1n) is 5.65. The molecule has 0 radical (unpaired) electrons. The van der Waals surface area contributed by atoms with Gasteiger partial charge in [0.15, 0.2) is 0 Å². The summed E-state index contributed by atoms with van der Waals surface area (Å²) < 4.78 is 4.68. The fourth-order valence-corrected chi connectivity index (χ4v) is 2.28. The molecule has 0 bridgehead atoms. The van der Waals surface area contributed by atoms with E-state index in [2.05, 4.69) is 4.74 Å². The summed E-state index contributed by atoms with van der Waals surface area (Å²) in [5.74, 6) is -0.226. The lowest BCUT2D eigenvalue weighted by molar-refractivity contribution is -0.143. The molecule has 4 nitrogen and oxygen atoms in total. The van der Waals surface area contributed by atoms with Crippen LogP contribution in [0.25, 0.3) is 0 Å². The van der Waals surface area contributed by atoms with Crippen LogP contribution in [0.15, 0.2) is 18.2 Å². The molecule has 0 saturated heterocycles. The lowest BCUT2D eigenvalue weighted by atomic mass is 9.87. The highest BCUT2D eigenvalue weighted by Gasteiger charge is 2.54. The molecule has 0 amide bonds. The molecule has 2 rings (SSSR count). The number of esters is 1. The van der Waals surface area contributed by atoms with E-state index < -0.39 is 17.4 Å². The van der Waals surface area contributed by atoms with Crippen molar-refractivity contribution in [3.8, 4) is 5.75 Å². The molecule has 1 aromatic carbocycles. The quantitative estimate of drug-likeness (QED) is 0.773. The summed E-state index contributed by atoms with van der Waals surface area (Å²) in [6.07, 6.45) is 1.61. The van der Waals surface area contributed by atoms with E-state index in [1.165, 1.54) is 7.11 Å². The molecule has 0 aromatic heterocycles. The number of phenolic OH excluding ortho intramolecular Hbond substituents is 1. The summed E-state index contributed by atoms with van der Waals surface area (Å²) in [7, 11) is 1.33. The van der Waals surface area contributed by atoms with E-state index in [9.17, 15) is 9.90 Å². The van der Waals surface area contributed by atoms with E-state index >= 15 is 0 Å². The van der Waals surface area contributed by atoms with Crippen molar-refractivity contribution in [2.45, 2.75) is 31.2 Å². The zero-order chi connectivity index (χ0) is 12.6. The van der Waals surface area contributed by atoms with Crippen LogP contribution in [-0.2, 0) is 14.9 Å². The monoisotopic (exact) mass is 235 g/mol. The Morgan fingerprint density at radius 1 is 1.53 bits per heavy atom. The Labute approximate surface area is 100 Å². The molecule has 1 aliphatic rings. The van der Waals surface area contributed by atoms with E-state index in [4.69, 9.17) is 5.73 Å². The molecule has 1 saturated carbocycles. The van der Waals surface area contributed by atoms with E-state index in [0.29, 0.717) is 0 Å². The summed E-state index contributed by atoms with van der Waals surface area (Å²) in [5.41, 5.74) is 7.29. The van der Waals surface area contributed by atoms with Gasteiger partial charge < -0.3 is 15.6 Å². The first-order chi connectivity index (χ1) is 8.01. The molecular formula is C13H17NO3. The van der Waals surface area contributed by atoms with Crippen molar-refractivity contribution >= 4 is 5.97 Å². The minimum atomic E-state index is -0.708. The maximum Gasteiger partial charge on any atom is 0.323 e. The molecule has 1 aromatic rings. The Morgan fingerprint density at radius 3 is 2.71 bits per heavy atom. The SMILES string of the molecule is COC(=O)C(N)C1(c2cc(C)ccc2O)CC1. The van der Waals surface area contributed by atoms with Crippen molar-refractivity contribution in [2.24, 2.45) is 5.73 Å². The number of hydrogen-bond acceptors (Lipinski definition) is 4. The van der Waals surface area contributed by atoms with Crippen molar-refractivity contribution in [3.05, 3.63) is 29.3 Å². The Hall–Kier alpha value is -1.55. The van der Waals surface area contributed by atoms with Gasteiger partial charge in [0.05, 0.1) is 7.11 Å². The van der Waals surface area contributed by atoms with Gasteiger partial charge in [-0.05, 0) is 25.8 Å². The van der Waals surface area contributed by atoms with Crippen LogP contribution in [-0.4, -0.2) is 24.2 Å². The molecule has 0 spiro atoms. The Bertz CT molecular complexity index is 452. The highest BCUT2D eigenvalue weighted by molar-refractivity contribution is 5.79. The molecule has 4 heteroatoms. The third-order valence-electron chi connectivity index (χ3n) is 3.53. The summed E-state index contributed by atoms with van der Waals surface area (Å²) in [4.78, 5) is 11.5. The average molecular weight is 235 g/mol. The number of nitrogens with two attached hydrogens (primary N) is 1. The largest absolute Gasteiger partial charge is 0.508 e. The van der Waals surface area contributed by atoms with E-state index in [1.807, 2.05) is 19.1 Å². The summed E-state index contributed by atoms with van der Waals surface area (Å²) in [6, 6.07) is 4.67. The van der Waals surface area contributed by atoms with Gasteiger partial charge in [0.2, 0.25) is 0 Å². The highest BCUT2D eigenvalue weighted by Crippen LogP contribution is 2.53. The fraction of sp³-hybridized carbons (Fsp3) is 0.462. The number of benzene rings is 1. The zero-order valence-corrected chi connectivity index (χ0v) is 10.1. The second-order valence-electron chi connectivity index (χ2n) is 4.68. The van der Waals surface area contributed by atoms with Crippen LogP contribution >= 0.6 is 0 Å². The van der Waals surface area contributed by atoms with Crippen molar-refractivity contribution in [3.63, 3.8) is 0 Å². The second-order valence-corrected chi connectivity index (χ2v) is 4.68. The zero-order valence-electron chi connectivity index (χ0n) is 10.1. The maximum atomic E-state index is 11.5. The second kappa shape index (κ2) is 4.04. The fourth-order valence-electron chi connectivity index (χ4n) is 2.28. The highest BCUT2D eigenvalue weighted by atomic mass is 16.5. The first kappa shape index (κ1) is 11.9. The van der Waals surface area contributed by atoms with Gasteiger partial charge in [-0.1, -0.05) is 17.7 Å². The van der Waals surface area contributed by atoms with Crippen LogP contribution in [0, 0.1) is 6.92 Å². The minimum Gasteiger partial charge on any atom is -0.508 e. The number of aryl methyl sites for hydroxylation is 1. The normalized spacial score (nSPS) is 18.5. The van der Waals surface area contributed by atoms with Gasteiger partial charge in [0.25, 0.3) is 0 Å². The molecule has 0 aliphatic heterocycles. The molecule has 1 aliphatic carbocycles. The minimum absolute atomic E-state index is 0.201. The standard InChI is InChI=1S/C13H17NO3/c1-8-3-4-10(15)9(7-8)13(5-6-13)11(14)12(16)17-2/h3-4,7,11,15H,5-6,14H2,1-2H3. The van der Waals surface area contributed by atoms with Gasteiger partial charge in [-0.25, -0.2) is 0 Å². The lowest BCUT2D eigenvalue weighted by Gasteiger charge is -2.22. The molecule has 17 heavy (non-hydrogen) atoms. The van der Waals surface area contributed by atoms with Crippen molar-refractivity contribution in [1.29, 1.82) is 0 Å². The third kappa shape index (κ3) is 1.89. The predicted octanol–water partition coefficient (Wildman–Crippen LogP) is 1.23. The average Bonchev–Trinajstić information content (AvgIpc) is 3.11. The van der Waals surface area contributed by atoms with Gasteiger partial charge in [0.1, 0.15) is 11.8 Å². The van der Waals surface area contributed by atoms with Crippen LogP contribution in [0.4, 0.5) is 0 Å². The molecule has 1 unspecified atom stereocenters. The number of carbonyl (C=O) groups excluding carboxylic acids is 1. The number of methoxy groups -OCH3 is 1. The summed E-state index contributed by atoms with van der Waals surface area (Å²) in [6.45, 7) is 1.95. The number of aromatic hydroxyl groups is 1. The van der Waals surface area contributed by atoms with Crippen molar-refractivity contribution < 1.29 is 14.6 Å². The predicted molar refractivity (Wildman–Crippen MR) is 63.7 cm³/mol. The topological polar surface area (TPSA) is 72.5 Å². The van der Waals surface area contributed by atoms with Crippen molar-refractivity contribution in [1.82, 2.24) is 0 Å². The molecular weight excluding hydrogens is 218 g/mol. The number of hydrogen-bond donors (Lipinski definition) is 2. The van der Waals surface area contributed by atoms with Gasteiger partial charge >= 0.3 is 5.97 Å². The summed E-state index contributed by atoms with van der Waals surface area (Å²) >= 11 is 0.